The normalized spacial score (nSPS) is 22.1. The summed E-state index contributed by atoms with van der Waals surface area (Å²) in [7, 11) is 0. The lowest BCUT2D eigenvalue weighted by Crippen LogP contribution is -2.31. The van der Waals surface area contributed by atoms with Crippen LogP contribution in [0.1, 0.15) is 18.4 Å². The van der Waals surface area contributed by atoms with E-state index >= 15 is 0 Å². The van der Waals surface area contributed by atoms with Crippen LogP contribution in [-0.2, 0) is 11.5 Å². The maximum Gasteiger partial charge on any atom is 0.103 e. The van der Waals surface area contributed by atoms with Crippen molar-refractivity contribution >= 4 is 0 Å². The van der Waals surface area contributed by atoms with Gasteiger partial charge in [-0.25, -0.2) is 0 Å². The largest absolute Gasteiger partial charge is 0.294 e. The summed E-state index contributed by atoms with van der Waals surface area (Å²) in [6, 6.07) is 10.5. The second-order valence-electron chi connectivity index (χ2n) is 4.03. The van der Waals surface area contributed by atoms with Crippen molar-refractivity contribution in [3.63, 3.8) is 0 Å². The van der Waals surface area contributed by atoms with E-state index in [0.29, 0.717) is 0 Å². The molecule has 0 radical (unpaired) electrons. The predicted octanol–water partition coefficient (Wildman–Crippen LogP) is 2.55. The Morgan fingerprint density at radius 2 is 2.13 bits per heavy atom. The molecule has 1 aliphatic rings. The van der Waals surface area contributed by atoms with Crippen LogP contribution in [0.4, 0.5) is 4.53 Å². The molecule has 1 atom stereocenters. The molecule has 0 spiro atoms. The van der Waals surface area contributed by atoms with Crippen molar-refractivity contribution in [3.05, 3.63) is 35.9 Å². The van der Waals surface area contributed by atoms with Gasteiger partial charge in [0.25, 0.3) is 0 Å². The minimum absolute atomic E-state index is 0.201. The fraction of sp³-hybridized carbons (Fsp3) is 0.500. The molecule has 0 bridgehead atoms. The minimum Gasteiger partial charge on any atom is -0.294 e. The zero-order valence-electron chi connectivity index (χ0n) is 8.73. The van der Waals surface area contributed by atoms with E-state index in [9.17, 15) is 4.53 Å². The molecule has 0 N–H and O–H groups in total. The van der Waals surface area contributed by atoms with Gasteiger partial charge in [-0.3, -0.25) is 4.90 Å². The highest BCUT2D eigenvalue weighted by molar-refractivity contribution is 5.14. The summed E-state index contributed by atoms with van der Waals surface area (Å²) in [6.07, 6.45) is 2.18. The Morgan fingerprint density at radius 1 is 1.33 bits per heavy atom. The minimum atomic E-state index is 0.201. The lowest BCUT2D eigenvalue weighted by Gasteiger charge is -2.22. The second kappa shape index (κ2) is 5.24. The molecule has 2 nitrogen and oxygen atoms in total. The van der Waals surface area contributed by atoms with Crippen LogP contribution in [0.5, 0.6) is 0 Å². The summed E-state index contributed by atoms with van der Waals surface area (Å²) in [4.78, 5) is 6.04. The molecule has 1 fully saturated rings. The van der Waals surface area contributed by atoms with Crippen LogP contribution in [-0.4, -0.2) is 24.1 Å². The Kier molecular flexibility index (Phi) is 3.69. The van der Waals surface area contributed by atoms with E-state index in [1.54, 1.807) is 0 Å². The SMILES string of the molecule is FOC[C@@H]1CCCN1Cc1ccccc1. The molecule has 1 heterocycles. The number of hydrogen-bond donors (Lipinski definition) is 0. The summed E-state index contributed by atoms with van der Waals surface area (Å²) < 4.78 is 11.8. The van der Waals surface area contributed by atoms with Crippen molar-refractivity contribution in [1.29, 1.82) is 0 Å². The van der Waals surface area contributed by atoms with Gasteiger partial charge in [-0.2, -0.15) is 4.94 Å². The quantitative estimate of drug-likeness (QED) is 0.755. The van der Waals surface area contributed by atoms with Crippen LogP contribution in [0.3, 0.4) is 0 Å². The fourth-order valence-corrected chi connectivity index (χ4v) is 2.18. The molecule has 1 saturated heterocycles. The van der Waals surface area contributed by atoms with E-state index in [2.05, 4.69) is 22.0 Å². The average Bonchev–Trinajstić information content (AvgIpc) is 2.68. The highest BCUT2D eigenvalue weighted by atomic mass is 19.3. The van der Waals surface area contributed by atoms with Crippen LogP contribution in [0.15, 0.2) is 30.3 Å². The van der Waals surface area contributed by atoms with Gasteiger partial charge in [-0.1, -0.05) is 30.3 Å². The number of hydrogen-bond acceptors (Lipinski definition) is 2. The third-order valence-corrected chi connectivity index (χ3v) is 2.98. The van der Waals surface area contributed by atoms with Crippen molar-refractivity contribution in [1.82, 2.24) is 4.90 Å². The zero-order chi connectivity index (χ0) is 10.5. The first-order chi connectivity index (χ1) is 7.40. The van der Waals surface area contributed by atoms with E-state index in [-0.39, 0.29) is 12.6 Å². The zero-order valence-corrected chi connectivity index (χ0v) is 8.73. The Hall–Kier alpha value is -0.930. The van der Waals surface area contributed by atoms with Gasteiger partial charge in [0.15, 0.2) is 0 Å². The maximum absolute atomic E-state index is 11.8. The number of likely N-dealkylation sites (tertiary alicyclic amines) is 1. The van der Waals surface area contributed by atoms with Gasteiger partial charge in [-0.15, -0.1) is 0 Å². The second-order valence-corrected chi connectivity index (χ2v) is 4.03. The molecule has 0 saturated carbocycles. The Morgan fingerprint density at radius 3 is 2.87 bits per heavy atom. The molecule has 0 amide bonds. The molecule has 0 aliphatic carbocycles. The summed E-state index contributed by atoms with van der Waals surface area (Å²) in [5.41, 5.74) is 1.28. The lowest BCUT2D eigenvalue weighted by atomic mass is 10.2. The fourth-order valence-electron chi connectivity index (χ4n) is 2.18. The molecule has 0 unspecified atom stereocenters. The van der Waals surface area contributed by atoms with Crippen molar-refractivity contribution < 1.29 is 9.47 Å². The van der Waals surface area contributed by atoms with Gasteiger partial charge in [0.05, 0.1) is 0 Å². The van der Waals surface area contributed by atoms with Crippen molar-refractivity contribution in [2.45, 2.75) is 25.4 Å². The Bertz CT molecular complexity index is 291. The first-order valence-corrected chi connectivity index (χ1v) is 5.41. The molecule has 1 aliphatic heterocycles. The van der Waals surface area contributed by atoms with E-state index < -0.39 is 0 Å². The molecule has 2 rings (SSSR count). The molecule has 0 aromatic heterocycles. The molecular formula is C12H16FNO. The van der Waals surface area contributed by atoms with E-state index in [0.717, 1.165) is 25.9 Å². The highest BCUT2D eigenvalue weighted by Gasteiger charge is 2.24. The predicted molar refractivity (Wildman–Crippen MR) is 56.9 cm³/mol. The summed E-state index contributed by atoms with van der Waals surface area (Å²) in [5.74, 6) is 0. The molecule has 1 aromatic rings. The third kappa shape index (κ3) is 2.76. The van der Waals surface area contributed by atoms with Gasteiger partial charge >= 0.3 is 0 Å². The van der Waals surface area contributed by atoms with E-state index in [1.165, 1.54) is 5.56 Å². The third-order valence-electron chi connectivity index (χ3n) is 2.98. The van der Waals surface area contributed by atoms with E-state index in [4.69, 9.17) is 0 Å². The topological polar surface area (TPSA) is 12.5 Å². The first kappa shape index (κ1) is 10.6. The molecule has 1 aromatic carbocycles. The van der Waals surface area contributed by atoms with Crippen LogP contribution >= 0.6 is 0 Å². The van der Waals surface area contributed by atoms with Gasteiger partial charge in [0, 0.05) is 12.6 Å². The molecule has 82 valence electrons. The van der Waals surface area contributed by atoms with Crippen molar-refractivity contribution in [2.24, 2.45) is 0 Å². The van der Waals surface area contributed by atoms with Crippen LogP contribution in [0.25, 0.3) is 0 Å². The van der Waals surface area contributed by atoms with Crippen molar-refractivity contribution in [2.75, 3.05) is 13.2 Å². The highest BCUT2D eigenvalue weighted by Crippen LogP contribution is 2.20. The Labute approximate surface area is 89.6 Å². The lowest BCUT2D eigenvalue weighted by molar-refractivity contribution is -0.146. The average molecular weight is 209 g/mol. The summed E-state index contributed by atoms with van der Waals surface area (Å²) in [5, 5.41) is 0. The van der Waals surface area contributed by atoms with Gasteiger partial charge in [-0.05, 0) is 29.5 Å². The molecular weight excluding hydrogens is 193 g/mol. The summed E-state index contributed by atoms with van der Waals surface area (Å²) >= 11 is 0. The maximum atomic E-state index is 11.8. The number of rotatable bonds is 4. The number of halogens is 1. The smallest absolute Gasteiger partial charge is 0.103 e. The molecule has 15 heavy (non-hydrogen) atoms. The number of nitrogens with zero attached hydrogens (tertiary/aromatic N) is 1. The van der Waals surface area contributed by atoms with Crippen LogP contribution in [0, 0.1) is 0 Å². The molecule has 3 heteroatoms. The van der Waals surface area contributed by atoms with Crippen LogP contribution in [0.2, 0.25) is 0 Å². The summed E-state index contributed by atoms with van der Waals surface area (Å²) in [6.45, 7) is 2.14. The number of benzene rings is 1. The van der Waals surface area contributed by atoms with Gasteiger partial charge in [0.2, 0.25) is 0 Å². The van der Waals surface area contributed by atoms with E-state index in [1.807, 2.05) is 18.2 Å². The van der Waals surface area contributed by atoms with Gasteiger partial charge < -0.3 is 0 Å². The van der Waals surface area contributed by atoms with Crippen LogP contribution < -0.4 is 0 Å². The monoisotopic (exact) mass is 209 g/mol. The Balaban J connectivity index is 1.93. The van der Waals surface area contributed by atoms with Gasteiger partial charge in [0.1, 0.15) is 6.61 Å². The standard InChI is InChI=1S/C12H16FNO/c13-15-10-12-7-4-8-14(12)9-11-5-2-1-3-6-11/h1-3,5-6,12H,4,7-10H2/t12-/m0/s1. The first-order valence-electron chi connectivity index (χ1n) is 5.41. The van der Waals surface area contributed by atoms with Crippen molar-refractivity contribution in [3.8, 4) is 0 Å².